The van der Waals surface area contributed by atoms with Gasteiger partial charge < -0.3 is 19.2 Å². The van der Waals surface area contributed by atoms with E-state index in [1.54, 1.807) is 74.7 Å². The fourth-order valence-corrected chi connectivity index (χ4v) is 4.07. The van der Waals surface area contributed by atoms with Crippen molar-refractivity contribution in [3.63, 3.8) is 0 Å². The van der Waals surface area contributed by atoms with Gasteiger partial charge in [-0.2, -0.15) is 0 Å². The van der Waals surface area contributed by atoms with Crippen LogP contribution < -0.4 is 15.0 Å². The monoisotopic (exact) mass is 564 g/mol. The zero-order valence-corrected chi connectivity index (χ0v) is 21.9. The van der Waals surface area contributed by atoms with Gasteiger partial charge in [-0.3, -0.25) is 14.5 Å². The Hall–Kier alpha value is -4.11. The molecule has 1 aliphatic heterocycles. The van der Waals surface area contributed by atoms with Gasteiger partial charge in [0.1, 0.15) is 11.5 Å². The molecule has 1 aliphatic rings. The third-order valence-electron chi connectivity index (χ3n) is 5.57. The molecule has 8 nitrogen and oxygen atoms in total. The number of hydrogen-bond donors (Lipinski definition) is 1. The molecule has 0 atom stereocenters. The fourth-order valence-electron chi connectivity index (χ4n) is 3.81. The molecule has 0 bridgehead atoms. The van der Waals surface area contributed by atoms with Gasteiger partial charge in [0, 0.05) is 15.9 Å². The molecule has 0 saturated heterocycles. The zero-order valence-electron chi connectivity index (χ0n) is 20.3. The molecular weight excluding hydrogens is 540 g/mol. The summed E-state index contributed by atoms with van der Waals surface area (Å²) in [6.45, 7) is 3.76. The lowest BCUT2D eigenvalue weighted by Crippen LogP contribution is -2.28. The van der Waals surface area contributed by atoms with E-state index < -0.39 is 5.97 Å². The smallest absolute Gasteiger partial charge is 0.340 e. The molecule has 0 spiro atoms. The second kappa shape index (κ2) is 11.7. The number of anilines is 1. The van der Waals surface area contributed by atoms with E-state index >= 15 is 0 Å². The zero-order chi connectivity index (χ0) is 26.4. The Bertz CT molecular complexity index is 1340. The first-order valence-corrected chi connectivity index (χ1v) is 12.4. The van der Waals surface area contributed by atoms with Gasteiger partial charge in [0.05, 0.1) is 30.6 Å². The second-order valence-corrected chi connectivity index (χ2v) is 8.99. The van der Waals surface area contributed by atoms with Crippen molar-refractivity contribution >= 4 is 45.5 Å². The van der Waals surface area contributed by atoms with Gasteiger partial charge >= 0.3 is 5.97 Å². The van der Waals surface area contributed by atoms with Crippen molar-refractivity contribution < 1.29 is 28.3 Å². The molecule has 2 amide bonds. The number of hydrogen-bond acceptors (Lipinski definition) is 6. The Kier molecular flexibility index (Phi) is 8.25. The summed E-state index contributed by atoms with van der Waals surface area (Å²) in [4.78, 5) is 39.7. The van der Waals surface area contributed by atoms with Crippen LogP contribution in [0, 0.1) is 0 Å². The number of benzene rings is 2. The minimum absolute atomic E-state index is 0.156. The average molecular weight is 565 g/mol. The molecular formula is C28H25BrN2O6. The van der Waals surface area contributed by atoms with Gasteiger partial charge in [-0.15, -0.1) is 0 Å². The molecule has 0 fully saturated rings. The third-order valence-corrected chi connectivity index (χ3v) is 6.09. The topological polar surface area (TPSA) is 98.1 Å². The number of halogens is 1. The number of carbonyl (C=O) groups is 3. The third kappa shape index (κ3) is 6.18. The number of allylic oxidation sites excluding steroid dienone is 1. The highest BCUT2D eigenvalue weighted by Crippen LogP contribution is 2.36. The van der Waals surface area contributed by atoms with Gasteiger partial charge in [0.15, 0.2) is 6.61 Å². The van der Waals surface area contributed by atoms with E-state index in [-0.39, 0.29) is 42.7 Å². The maximum Gasteiger partial charge on any atom is 0.340 e. The van der Waals surface area contributed by atoms with Crippen LogP contribution in [0.3, 0.4) is 0 Å². The van der Waals surface area contributed by atoms with Crippen LogP contribution >= 0.6 is 15.9 Å². The number of rotatable bonds is 9. The quantitative estimate of drug-likeness (QED) is 0.290. The molecule has 2 heterocycles. The summed E-state index contributed by atoms with van der Waals surface area (Å²) in [5.41, 5.74) is 2.29. The van der Waals surface area contributed by atoms with Crippen LogP contribution in [0.4, 0.5) is 5.69 Å². The van der Waals surface area contributed by atoms with Gasteiger partial charge in [0.2, 0.25) is 0 Å². The molecule has 0 unspecified atom stereocenters. The average Bonchev–Trinajstić information content (AvgIpc) is 3.49. The lowest BCUT2D eigenvalue weighted by Gasteiger charge is -2.18. The summed E-state index contributed by atoms with van der Waals surface area (Å²) in [5.74, 6) is -0.0257. The van der Waals surface area contributed by atoms with E-state index in [0.29, 0.717) is 28.5 Å². The summed E-state index contributed by atoms with van der Waals surface area (Å²) in [6.07, 6.45) is 3.19. The van der Waals surface area contributed by atoms with Gasteiger partial charge in [0.25, 0.3) is 11.8 Å². The van der Waals surface area contributed by atoms with Crippen LogP contribution in [0.5, 0.6) is 5.75 Å². The summed E-state index contributed by atoms with van der Waals surface area (Å²) in [7, 11) is 0. The molecule has 4 rings (SSSR count). The predicted octanol–water partition coefficient (Wildman–Crippen LogP) is 5.00. The van der Waals surface area contributed by atoms with E-state index in [1.165, 1.54) is 4.90 Å². The molecule has 1 N–H and O–H groups in total. The van der Waals surface area contributed by atoms with Crippen molar-refractivity contribution in [3.05, 3.63) is 99.6 Å². The fraction of sp³-hybridized carbons (Fsp3) is 0.179. The van der Waals surface area contributed by atoms with Crippen molar-refractivity contribution in [3.8, 4) is 5.75 Å². The Balaban J connectivity index is 1.49. The van der Waals surface area contributed by atoms with E-state index in [1.807, 2.05) is 12.1 Å². The Labute approximate surface area is 222 Å². The molecule has 2 aromatic carbocycles. The minimum Gasteiger partial charge on any atom is -0.484 e. The van der Waals surface area contributed by atoms with Crippen molar-refractivity contribution in [1.29, 1.82) is 0 Å². The number of nitrogens with zero attached hydrogens (tertiary/aromatic N) is 1. The SMILES string of the molecule is CCOC(=O)C1=C(C)N(c2ccc(Br)cc2)C(=O)/C1=C\c1ccc(OCC(=O)NCc2ccco2)cc1. The summed E-state index contributed by atoms with van der Waals surface area (Å²) >= 11 is 3.40. The van der Waals surface area contributed by atoms with Crippen LogP contribution in [0.15, 0.2) is 92.7 Å². The first-order valence-electron chi connectivity index (χ1n) is 11.6. The second-order valence-electron chi connectivity index (χ2n) is 8.07. The van der Waals surface area contributed by atoms with Crippen LogP contribution in [0.1, 0.15) is 25.2 Å². The van der Waals surface area contributed by atoms with Crippen molar-refractivity contribution in [2.24, 2.45) is 0 Å². The highest BCUT2D eigenvalue weighted by Gasteiger charge is 2.38. The molecule has 190 valence electrons. The van der Waals surface area contributed by atoms with Gasteiger partial charge in [-0.05, 0) is 74.0 Å². The van der Waals surface area contributed by atoms with Crippen molar-refractivity contribution in [2.75, 3.05) is 18.1 Å². The largest absolute Gasteiger partial charge is 0.484 e. The molecule has 3 aromatic rings. The van der Waals surface area contributed by atoms with Gasteiger partial charge in [-0.1, -0.05) is 28.1 Å². The maximum atomic E-state index is 13.4. The van der Waals surface area contributed by atoms with E-state index in [4.69, 9.17) is 13.9 Å². The van der Waals surface area contributed by atoms with E-state index in [0.717, 1.165) is 4.47 Å². The summed E-state index contributed by atoms with van der Waals surface area (Å²) in [6, 6.07) is 17.7. The highest BCUT2D eigenvalue weighted by molar-refractivity contribution is 9.10. The number of carbonyl (C=O) groups excluding carboxylic acids is 3. The van der Waals surface area contributed by atoms with Crippen molar-refractivity contribution in [2.45, 2.75) is 20.4 Å². The number of nitrogens with one attached hydrogen (secondary N) is 1. The first kappa shape index (κ1) is 26.0. The van der Waals surface area contributed by atoms with Crippen LogP contribution in [0.25, 0.3) is 6.08 Å². The van der Waals surface area contributed by atoms with Crippen molar-refractivity contribution in [1.82, 2.24) is 5.32 Å². The Morgan fingerprint density at radius 2 is 1.81 bits per heavy atom. The molecule has 37 heavy (non-hydrogen) atoms. The predicted molar refractivity (Wildman–Crippen MR) is 141 cm³/mol. The summed E-state index contributed by atoms with van der Waals surface area (Å²) < 4.78 is 16.9. The Morgan fingerprint density at radius 1 is 1.08 bits per heavy atom. The first-order chi connectivity index (χ1) is 17.9. The number of furan rings is 1. The number of amides is 2. The molecule has 1 aromatic heterocycles. The van der Waals surface area contributed by atoms with Crippen LogP contribution in [-0.4, -0.2) is 31.0 Å². The highest BCUT2D eigenvalue weighted by atomic mass is 79.9. The van der Waals surface area contributed by atoms with Crippen LogP contribution in [-0.2, 0) is 25.7 Å². The minimum atomic E-state index is -0.556. The standard InChI is InChI=1S/C28H25BrN2O6/c1-3-35-28(34)26-18(2)31(21-10-8-20(29)9-11-21)27(33)24(26)15-19-6-12-22(13-7-19)37-17-25(32)30-16-23-5-4-14-36-23/h4-15H,3,16-17H2,1-2H3,(H,30,32)/b24-15-. The molecule has 0 aliphatic carbocycles. The molecule has 9 heteroatoms. The molecule has 0 saturated carbocycles. The number of esters is 1. The molecule has 0 radical (unpaired) electrons. The van der Waals surface area contributed by atoms with Gasteiger partial charge in [-0.25, -0.2) is 4.79 Å². The summed E-state index contributed by atoms with van der Waals surface area (Å²) in [5, 5.41) is 2.71. The number of ether oxygens (including phenoxy) is 2. The maximum absolute atomic E-state index is 13.4. The Morgan fingerprint density at radius 3 is 2.46 bits per heavy atom. The lowest BCUT2D eigenvalue weighted by atomic mass is 10.0. The van der Waals surface area contributed by atoms with E-state index in [9.17, 15) is 14.4 Å². The lowest BCUT2D eigenvalue weighted by molar-refractivity contribution is -0.138. The van der Waals surface area contributed by atoms with Crippen LogP contribution in [0.2, 0.25) is 0 Å². The normalized spacial score (nSPS) is 14.3. The van der Waals surface area contributed by atoms with E-state index in [2.05, 4.69) is 21.2 Å².